The Kier molecular flexibility index (Phi) is 4.06. The predicted octanol–water partition coefficient (Wildman–Crippen LogP) is 2.03. The molecule has 0 aliphatic heterocycles. The van der Waals surface area contributed by atoms with Gasteiger partial charge in [0.25, 0.3) is 5.56 Å². The zero-order chi connectivity index (χ0) is 18.3. The predicted molar refractivity (Wildman–Crippen MR) is 98.4 cm³/mol. The summed E-state index contributed by atoms with van der Waals surface area (Å²) < 4.78 is 2.77. The van der Waals surface area contributed by atoms with E-state index in [9.17, 15) is 9.59 Å². The van der Waals surface area contributed by atoms with Gasteiger partial charge in [0.15, 0.2) is 0 Å². The second-order valence-electron chi connectivity index (χ2n) is 6.83. The quantitative estimate of drug-likeness (QED) is 0.783. The maximum atomic E-state index is 12.8. The number of aromatic nitrogens is 4. The summed E-state index contributed by atoms with van der Waals surface area (Å²) in [5, 5.41) is 11.5. The number of hydrogen-bond acceptors (Lipinski definition) is 4. The number of fused-ring (bicyclic) bond motifs is 3. The number of para-hydroxylation sites is 1. The first-order chi connectivity index (χ1) is 12.5. The molecule has 7 nitrogen and oxygen atoms in total. The van der Waals surface area contributed by atoms with E-state index in [0.717, 1.165) is 53.8 Å². The summed E-state index contributed by atoms with van der Waals surface area (Å²) in [4.78, 5) is 25.3. The maximum absolute atomic E-state index is 12.8. The molecule has 1 aromatic carbocycles. The number of nitrogens with one attached hydrogen (secondary N) is 1. The van der Waals surface area contributed by atoms with Crippen molar-refractivity contribution in [2.75, 3.05) is 5.32 Å². The molecule has 1 amide bonds. The second kappa shape index (κ2) is 6.40. The van der Waals surface area contributed by atoms with Gasteiger partial charge in [-0.05, 0) is 50.7 Å². The molecule has 3 aromatic rings. The van der Waals surface area contributed by atoms with Crippen molar-refractivity contribution < 1.29 is 4.79 Å². The lowest BCUT2D eigenvalue weighted by molar-refractivity contribution is -0.117. The Hall–Kier alpha value is -2.96. The molecule has 4 rings (SSSR count). The molecule has 1 aliphatic carbocycles. The highest BCUT2D eigenvalue weighted by atomic mass is 16.2. The summed E-state index contributed by atoms with van der Waals surface area (Å²) >= 11 is 0. The van der Waals surface area contributed by atoms with Crippen molar-refractivity contribution in [3.8, 4) is 0 Å². The molecule has 0 saturated heterocycles. The van der Waals surface area contributed by atoms with Crippen molar-refractivity contribution >= 4 is 17.1 Å². The molecule has 134 valence electrons. The Morgan fingerprint density at radius 3 is 2.69 bits per heavy atom. The minimum atomic E-state index is -0.269. The molecule has 0 bridgehead atoms. The number of carbonyl (C=O) groups is 1. The second-order valence-corrected chi connectivity index (χ2v) is 6.83. The summed E-state index contributed by atoms with van der Waals surface area (Å²) in [6.07, 6.45) is 5.41. The molecule has 0 fully saturated rings. The van der Waals surface area contributed by atoms with Gasteiger partial charge < -0.3 is 5.32 Å². The van der Waals surface area contributed by atoms with Crippen molar-refractivity contribution in [3.63, 3.8) is 0 Å². The molecule has 2 heterocycles. The lowest BCUT2D eigenvalue weighted by Gasteiger charge is -2.12. The lowest BCUT2D eigenvalue weighted by Crippen LogP contribution is -2.31. The minimum absolute atomic E-state index is 0.122. The topological polar surface area (TPSA) is 81.3 Å². The van der Waals surface area contributed by atoms with Crippen LogP contribution in [0.3, 0.4) is 0 Å². The minimum Gasteiger partial charge on any atom is -0.324 e. The third-order valence-electron chi connectivity index (χ3n) is 4.96. The monoisotopic (exact) mass is 351 g/mol. The van der Waals surface area contributed by atoms with E-state index >= 15 is 0 Å². The van der Waals surface area contributed by atoms with E-state index in [0.29, 0.717) is 5.52 Å². The normalized spacial score (nSPS) is 13.6. The first kappa shape index (κ1) is 16.5. The van der Waals surface area contributed by atoms with E-state index in [4.69, 9.17) is 0 Å². The molecule has 1 N–H and O–H groups in total. The molecule has 0 spiro atoms. The van der Waals surface area contributed by atoms with Crippen LogP contribution in [0.25, 0.3) is 5.52 Å². The van der Waals surface area contributed by atoms with Gasteiger partial charge in [-0.25, -0.2) is 9.20 Å². The summed E-state index contributed by atoms with van der Waals surface area (Å²) in [6.45, 7) is 3.76. The Balaban J connectivity index is 1.64. The summed E-state index contributed by atoms with van der Waals surface area (Å²) in [5.74, 6) is -0.269. The van der Waals surface area contributed by atoms with Gasteiger partial charge in [-0.15, -0.1) is 0 Å². The largest absolute Gasteiger partial charge is 0.324 e. The summed E-state index contributed by atoms with van der Waals surface area (Å²) in [5.41, 5.74) is 5.03. The highest BCUT2D eigenvalue weighted by Crippen LogP contribution is 2.22. The van der Waals surface area contributed by atoms with E-state index in [-0.39, 0.29) is 18.0 Å². The van der Waals surface area contributed by atoms with Gasteiger partial charge >= 0.3 is 0 Å². The van der Waals surface area contributed by atoms with E-state index in [1.54, 1.807) is 4.52 Å². The average Bonchev–Trinajstić information content (AvgIpc) is 3.00. The number of nitrogens with zero attached hydrogens (tertiary/aromatic N) is 4. The molecule has 1 aliphatic rings. The number of anilines is 1. The fraction of sp³-hybridized carbons (Fsp3) is 0.368. The van der Waals surface area contributed by atoms with Gasteiger partial charge in [0.1, 0.15) is 18.4 Å². The zero-order valence-corrected chi connectivity index (χ0v) is 15.0. The van der Waals surface area contributed by atoms with Crippen LogP contribution in [0.2, 0.25) is 0 Å². The Bertz CT molecular complexity index is 1040. The number of aryl methyl sites for hydroxylation is 4. The van der Waals surface area contributed by atoms with Crippen molar-refractivity contribution in [2.24, 2.45) is 0 Å². The number of carbonyl (C=O) groups excluding carboxylic acids is 1. The molecular formula is C19H21N5O2. The number of benzene rings is 1. The van der Waals surface area contributed by atoms with Gasteiger partial charge in [-0.2, -0.15) is 10.2 Å². The van der Waals surface area contributed by atoms with Crippen LogP contribution in [-0.2, 0) is 24.2 Å². The standard InChI is InChI=1S/C19H21N5O2/c1-12-6-5-7-13(2)17(12)21-16(25)10-23-19(26)18-14-8-3-4-9-15(14)22-24(18)11-20-23/h5-7,11H,3-4,8-10H2,1-2H3,(H,21,25). The van der Waals surface area contributed by atoms with E-state index in [1.807, 2.05) is 32.0 Å². The maximum Gasteiger partial charge on any atom is 0.293 e. The number of hydrogen-bond donors (Lipinski definition) is 1. The summed E-state index contributed by atoms with van der Waals surface area (Å²) in [6, 6.07) is 5.83. The third kappa shape index (κ3) is 2.79. The van der Waals surface area contributed by atoms with Crippen LogP contribution in [-0.4, -0.2) is 25.3 Å². The van der Waals surface area contributed by atoms with Crippen molar-refractivity contribution in [1.29, 1.82) is 0 Å². The van der Waals surface area contributed by atoms with Crippen LogP contribution in [0.1, 0.15) is 35.2 Å². The van der Waals surface area contributed by atoms with Crippen LogP contribution in [0.4, 0.5) is 5.69 Å². The molecule has 0 atom stereocenters. The first-order valence-electron chi connectivity index (χ1n) is 8.87. The molecule has 2 aromatic heterocycles. The highest BCUT2D eigenvalue weighted by Gasteiger charge is 2.20. The SMILES string of the molecule is Cc1cccc(C)c1NC(=O)Cn1ncn2nc3c(c2c1=O)CCCC3. The smallest absolute Gasteiger partial charge is 0.293 e. The van der Waals surface area contributed by atoms with Crippen LogP contribution >= 0.6 is 0 Å². The van der Waals surface area contributed by atoms with E-state index in [2.05, 4.69) is 15.5 Å². The third-order valence-corrected chi connectivity index (χ3v) is 4.96. The fourth-order valence-corrected chi connectivity index (χ4v) is 3.61. The van der Waals surface area contributed by atoms with Crippen molar-refractivity contribution in [3.05, 3.63) is 57.3 Å². The molecule has 7 heteroatoms. The lowest BCUT2D eigenvalue weighted by atomic mass is 9.97. The molecule has 0 saturated carbocycles. The molecule has 0 unspecified atom stereocenters. The Labute approximate surface area is 150 Å². The van der Waals surface area contributed by atoms with Gasteiger partial charge in [0.2, 0.25) is 5.91 Å². The van der Waals surface area contributed by atoms with Gasteiger partial charge in [0, 0.05) is 11.3 Å². The highest BCUT2D eigenvalue weighted by molar-refractivity contribution is 5.92. The van der Waals surface area contributed by atoms with Gasteiger partial charge in [0.05, 0.1) is 5.69 Å². The molecule has 0 radical (unpaired) electrons. The fourth-order valence-electron chi connectivity index (χ4n) is 3.61. The van der Waals surface area contributed by atoms with E-state index < -0.39 is 0 Å². The molecule has 26 heavy (non-hydrogen) atoms. The number of amides is 1. The van der Waals surface area contributed by atoms with Crippen molar-refractivity contribution in [1.82, 2.24) is 19.4 Å². The molecular weight excluding hydrogens is 330 g/mol. The van der Waals surface area contributed by atoms with Crippen molar-refractivity contribution in [2.45, 2.75) is 46.1 Å². The van der Waals surface area contributed by atoms with Crippen LogP contribution < -0.4 is 10.9 Å². The van der Waals surface area contributed by atoms with Crippen LogP contribution in [0, 0.1) is 13.8 Å². The van der Waals surface area contributed by atoms with Crippen LogP contribution in [0.15, 0.2) is 29.3 Å². The van der Waals surface area contributed by atoms with Crippen LogP contribution in [0.5, 0.6) is 0 Å². The van der Waals surface area contributed by atoms with Gasteiger partial charge in [-0.1, -0.05) is 18.2 Å². The van der Waals surface area contributed by atoms with Gasteiger partial charge in [-0.3, -0.25) is 9.59 Å². The average molecular weight is 351 g/mol. The summed E-state index contributed by atoms with van der Waals surface area (Å²) in [7, 11) is 0. The van der Waals surface area contributed by atoms with E-state index in [1.165, 1.54) is 11.0 Å². The zero-order valence-electron chi connectivity index (χ0n) is 15.0. The first-order valence-corrected chi connectivity index (χ1v) is 8.87. The number of rotatable bonds is 3. The Morgan fingerprint density at radius 1 is 1.19 bits per heavy atom. The Morgan fingerprint density at radius 2 is 1.92 bits per heavy atom.